The number of rotatable bonds is 11. The number of allylic oxidation sites excluding steroid dienone is 1. The summed E-state index contributed by atoms with van der Waals surface area (Å²) in [5.41, 5.74) is 1.36. The number of carboxylic acids is 1. The van der Waals surface area contributed by atoms with Crippen molar-refractivity contribution in [2.24, 2.45) is 11.3 Å². The zero-order valence-corrected chi connectivity index (χ0v) is 18.8. The Morgan fingerprint density at radius 1 is 1.17 bits per heavy atom. The molecule has 0 heterocycles. The highest BCUT2D eigenvalue weighted by Crippen LogP contribution is 2.38. The Bertz CT molecular complexity index is 699. The van der Waals surface area contributed by atoms with Crippen LogP contribution in [0.4, 0.5) is 4.79 Å². The minimum Gasteiger partial charge on any atom is -0.480 e. The van der Waals surface area contributed by atoms with Crippen molar-refractivity contribution >= 4 is 12.0 Å². The molecule has 162 valence electrons. The molecule has 2 amide bonds. The van der Waals surface area contributed by atoms with Crippen molar-refractivity contribution in [3.05, 3.63) is 48.0 Å². The van der Waals surface area contributed by atoms with Crippen molar-refractivity contribution in [2.75, 3.05) is 0 Å². The van der Waals surface area contributed by atoms with E-state index in [1.54, 1.807) is 0 Å². The van der Waals surface area contributed by atoms with Gasteiger partial charge >= 0.3 is 12.0 Å². The molecule has 0 saturated carbocycles. The average Bonchev–Trinajstić information content (AvgIpc) is 2.65. The topological polar surface area (TPSA) is 78.4 Å². The molecule has 2 unspecified atom stereocenters. The molecule has 0 aliphatic heterocycles. The Balaban J connectivity index is 2.91. The van der Waals surface area contributed by atoms with Gasteiger partial charge in [-0.1, -0.05) is 70.2 Å². The molecule has 0 radical (unpaired) electrons. The summed E-state index contributed by atoms with van der Waals surface area (Å²) in [7, 11) is 0. The van der Waals surface area contributed by atoms with E-state index in [0.29, 0.717) is 5.92 Å². The number of benzene rings is 1. The van der Waals surface area contributed by atoms with Gasteiger partial charge in [-0.05, 0) is 50.0 Å². The van der Waals surface area contributed by atoms with Crippen LogP contribution in [0.25, 0.3) is 0 Å². The quantitative estimate of drug-likeness (QED) is 0.447. The largest absolute Gasteiger partial charge is 0.480 e. The maximum atomic E-state index is 12.8. The lowest BCUT2D eigenvalue weighted by atomic mass is 9.68. The average molecular weight is 403 g/mol. The van der Waals surface area contributed by atoms with Crippen LogP contribution in [0.15, 0.2) is 42.5 Å². The smallest absolute Gasteiger partial charge is 0.326 e. The Labute approximate surface area is 176 Å². The Morgan fingerprint density at radius 3 is 2.24 bits per heavy atom. The first-order valence-electron chi connectivity index (χ1n) is 10.4. The second-order valence-corrected chi connectivity index (χ2v) is 9.03. The molecule has 0 bridgehead atoms. The van der Waals surface area contributed by atoms with Crippen molar-refractivity contribution < 1.29 is 14.7 Å². The number of hydrogen-bond acceptors (Lipinski definition) is 2. The third kappa shape index (κ3) is 7.22. The number of aliphatic carboxylic acids is 1. The molecule has 1 aromatic carbocycles. The molecule has 5 nitrogen and oxygen atoms in total. The highest BCUT2D eigenvalue weighted by atomic mass is 16.4. The predicted molar refractivity (Wildman–Crippen MR) is 119 cm³/mol. The van der Waals surface area contributed by atoms with Gasteiger partial charge in [0.1, 0.15) is 6.04 Å². The first-order chi connectivity index (χ1) is 13.4. The second-order valence-electron chi connectivity index (χ2n) is 9.03. The van der Waals surface area contributed by atoms with Crippen molar-refractivity contribution in [3.8, 4) is 0 Å². The van der Waals surface area contributed by atoms with Crippen LogP contribution in [0, 0.1) is 11.3 Å². The number of carboxylic acid groups (broad SMARTS) is 1. The number of amides is 2. The molecule has 0 aliphatic rings. The van der Waals surface area contributed by atoms with E-state index in [-0.39, 0.29) is 11.8 Å². The highest BCUT2D eigenvalue weighted by molar-refractivity contribution is 5.83. The normalized spacial score (nSPS) is 15.7. The van der Waals surface area contributed by atoms with Gasteiger partial charge < -0.3 is 15.7 Å². The lowest BCUT2D eigenvalue weighted by molar-refractivity contribution is -0.139. The zero-order valence-electron chi connectivity index (χ0n) is 18.8. The molecule has 0 fully saturated rings. The molecular weight excluding hydrogens is 364 g/mol. The molecule has 1 rings (SSSR count). The van der Waals surface area contributed by atoms with E-state index in [0.717, 1.165) is 30.4 Å². The van der Waals surface area contributed by atoms with Gasteiger partial charge in [-0.15, -0.1) is 0 Å². The molecule has 3 atom stereocenters. The number of nitrogens with one attached hydrogen (secondary N) is 2. The maximum absolute atomic E-state index is 12.8. The standard InChI is InChI=1S/C24H38N2O3/c1-8-23(5,6)24(7,15-14-18(4)17(2)3)26-22(29)25-20(21(27)28)16-19-12-10-9-11-13-19/h9-13,18,20H,2,8,14-16H2,1,3-7H3,(H,27,28)(H2,25,26,29)/t18?,20-,24?/m0/s1. The van der Waals surface area contributed by atoms with Crippen LogP contribution >= 0.6 is 0 Å². The monoisotopic (exact) mass is 402 g/mol. The summed E-state index contributed by atoms with van der Waals surface area (Å²) in [4.78, 5) is 24.5. The van der Waals surface area contributed by atoms with Crippen LogP contribution in [0.5, 0.6) is 0 Å². The summed E-state index contributed by atoms with van der Waals surface area (Å²) >= 11 is 0. The van der Waals surface area contributed by atoms with Gasteiger partial charge in [0, 0.05) is 12.0 Å². The van der Waals surface area contributed by atoms with Crippen molar-refractivity contribution in [1.82, 2.24) is 10.6 Å². The minimum atomic E-state index is -1.05. The summed E-state index contributed by atoms with van der Waals surface area (Å²) < 4.78 is 0. The summed E-state index contributed by atoms with van der Waals surface area (Å²) in [6.07, 6.45) is 2.81. The lowest BCUT2D eigenvalue weighted by Crippen LogP contribution is -2.60. The minimum absolute atomic E-state index is 0.155. The number of carbonyl (C=O) groups is 2. The fourth-order valence-electron chi connectivity index (χ4n) is 3.21. The fourth-order valence-corrected chi connectivity index (χ4v) is 3.21. The van der Waals surface area contributed by atoms with E-state index in [1.165, 1.54) is 0 Å². The van der Waals surface area contributed by atoms with Gasteiger partial charge in [-0.3, -0.25) is 0 Å². The highest BCUT2D eigenvalue weighted by Gasteiger charge is 2.41. The van der Waals surface area contributed by atoms with Crippen LogP contribution in [0.2, 0.25) is 0 Å². The lowest BCUT2D eigenvalue weighted by Gasteiger charge is -2.45. The first-order valence-corrected chi connectivity index (χ1v) is 10.4. The van der Waals surface area contributed by atoms with Crippen LogP contribution in [-0.2, 0) is 11.2 Å². The number of carbonyl (C=O) groups excluding carboxylic acids is 1. The maximum Gasteiger partial charge on any atom is 0.326 e. The predicted octanol–water partition coefficient (Wildman–Crippen LogP) is 5.17. The van der Waals surface area contributed by atoms with Gasteiger partial charge in [0.25, 0.3) is 0 Å². The first kappa shape index (κ1) is 24.7. The third-order valence-electron chi connectivity index (χ3n) is 6.57. The van der Waals surface area contributed by atoms with Crippen molar-refractivity contribution in [1.29, 1.82) is 0 Å². The SMILES string of the molecule is C=C(C)C(C)CCC(C)(NC(=O)N[C@@H](Cc1ccccc1)C(=O)O)C(C)(C)CC. The molecule has 29 heavy (non-hydrogen) atoms. The van der Waals surface area contributed by atoms with Crippen LogP contribution in [-0.4, -0.2) is 28.7 Å². The van der Waals surface area contributed by atoms with Crippen molar-refractivity contribution in [2.45, 2.75) is 78.8 Å². The fraction of sp³-hybridized carbons (Fsp3) is 0.583. The van der Waals surface area contributed by atoms with E-state index < -0.39 is 23.6 Å². The zero-order chi connectivity index (χ0) is 22.2. The number of hydrogen-bond donors (Lipinski definition) is 3. The van der Waals surface area contributed by atoms with Crippen LogP contribution in [0.1, 0.15) is 66.4 Å². The molecule has 1 aromatic rings. The Kier molecular flexibility index (Phi) is 8.93. The molecule has 0 spiro atoms. The van der Waals surface area contributed by atoms with Gasteiger partial charge in [0.05, 0.1) is 0 Å². The van der Waals surface area contributed by atoms with Gasteiger partial charge in [0.2, 0.25) is 0 Å². The summed E-state index contributed by atoms with van der Waals surface area (Å²) in [6, 6.07) is 7.89. The third-order valence-corrected chi connectivity index (χ3v) is 6.57. The molecule has 3 N–H and O–H groups in total. The van der Waals surface area contributed by atoms with Gasteiger partial charge in [0.15, 0.2) is 0 Å². The second kappa shape index (κ2) is 10.5. The molecular formula is C24H38N2O3. The van der Waals surface area contributed by atoms with E-state index in [9.17, 15) is 14.7 Å². The Hall–Kier alpha value is -2.30. The molecule has 0 aliphatic carbocycles. The number of urea groups is 1. The van der Waals surface area contributed by atoms with Crippen LogP contribution < -0.4 is 10.6 Å². The van der Waals surface area contributed by atoms with Gasteiger partial charge in [-0.25, -0.2) is 9.59 Å². The van der Waals surface area contributed by atoms with Gasteiger partial charge in [-0.2, -0.15) is 0 Å². The van der Waals surface area contributed by atoms with Crippen molar-refractivity contribution in [3.63, 3.8) is 0 Å². The van der Waals surface area contributed by atoms with E-state index in [1.807, 2.05) is 44.2 Å². The summed E-state index contributed by atoms with van der Waals surface area (Å²) in [5, 5.41) is 15.3. The molecule has 0 aromatic heterocycles. The Morgan fingerprint density at radius 2 is 1.76 bits per heavy atom. The van der Waals surface area contributed by atoms with E-state index in [2.05, 4.69) is 44.9 Å². The summed E-state index contributed by atoms with van der Waals surface area (Å²) in [5.74, 6) is -0.687. The van der Waals surface area contributed by atoms with E-state index >= 15 is 0 Å². The molecule has 0 saturated heterocycles. The van der Waals surface area contributed by atoms with Crippen LogP contribution in [0.3, 0.4) is 0 Å². The van der Waals surface area contributed by atoms with E-state index in [4.69, 9.17) is 0 Å². The molecule has 5 heteroatoms. The summed E-state index contributed by atoms with van der Waals surface area (Å²) in [6.45, 7) is 16.6.